The van der Waals surface area contributed by atoms with Gasteiger partial charge in [-0.05, 0) is 48.3 Å². The molecule has 1 aliphatic heterocycles. The maximum atomic E-state index is 12.5. The van der Waals surface area contributed by atoms with E-state index in [9.17, 15) is 9.59 Å². The van der Waals surface area contributed by atoms with E-state index in [1.54, 1.807) is 0 Å². The second-order valence-electron chi connectivity index (χ2n) is 7.39. The average molecular weight is 364 g/mol. The fourth-order valence-corrected chi connectivity index (χ4v) is 3.72. The lowest BCUT2D eigenvalue weighted by Crippen LogP contribution is -2.38. The monoisotopic (exact) mass is 364 g/mol. The molecule has 3 rings (SSSR count). The molecule has 0 atom stereocenters. The van der Waals surface area contributed by atoms with Crippen molar-refractivity contribution in [3.05, 3.63) is 60.2 Å². The van der Waals surface area contributed by atoms with Crippen molar-refractivity contribution in [1.29, 1.82) is 0 Å². The Labute approximate surface area is 161 Å². The molecule has 0 radical (unpaired) electrons. The van der Waals surface area contributed by atoms with Gasteiger partial charge in [0.25, 0.3) is 0 Å². The number of hydrogen-bond acceptors (Lipinski definition) is 2. The maximum absolute atomic E-state index is 12.5. The first-order valence-electron chi connectivity index (χ1n) is 9.82. The van der Waals surface area contributed by atoms with E-state index in [2.05, 4.69) is 36.4 Å². The van der Waals surface area contributed by atoms with Crippen LogP contribution in [0, 0.1) is 5.92 Å². The summed E-state index contributed by atoms with van der Waals surface area (Å²) < 4.78 is 0. The first-order valence-corrected chi connectivity index (χ1v) is 9.82. The first kappa shape index (κ1) is 19.2. The van der Waals surface area contributed by atoms with Gasteiger partial charge in [-0.2, -0.15) is 0 Å². The lowest BCUT2D eigenvalue weighted by Gasteiger charge is -2.32. The van der Waals surface area contributed by atoms with Gasteiger partial charge in [-0.1, -0.05) is 54.6 Å². The summed E-state index contributed by atoms with van der Waals surface area (Å²) in [4.78, 5) is 25.3. The molecule has 2 aromatic carbocycles. The SMILES string of the molecule is NC(=O)CCC1CCN(C(=O)CCc2ccc(-c3ccccc3)cc2)CC1. The predicted octanol–water partition coefficient (Wildman–Crippen LogP) is 3.79. The molecular weight excluding hydrogens is 336 g/mol. The standard InChI is InChI=1S/C23H28N2O2/c24-22(26)12-8-19-14-16-25(17-15-19)23(27)13-9-18-6-10-21(11-7-18)20-4-2-1-3-5-20/h1-7,10-11,19H,8-9,12-17H2,(H2,24,26). The van der Waals surface area contributed by atoms with Crippen molar-refractivity contribution in [2.75, 3.05) is 13.1 Å². The number of amides is 2. The Kier molecular flexibility index (Phi) is 6.64. The molecule has 0 spiro atoms. The Bertz CT molecular complexity index is 748. The summed E-state index contributed by atoms with van der Waals surface area (Å²) in [6.07, 6.45) is 4.59. The minimum atomic E-state index is -0.230. The number of hydrogen-bond donors (Lipinski definition) is 1. The van der Waals surface area contributed by atoms with Crippen LogP contribution in [0.2, 0.25) is 0 Å². The topological polar surface area (TPSA) is 63.4 Å². The molecule has 0 aliphatic carbocycles. The average Bonchev–Trinajstić information content (AvgIpc) is 2.72. The summed E-state index contributed by atoms with van der Waals surface area (Å²) in [5.41, 5.74) is 8.82. The van der Waals surface area contributed by atoms with Crippen LogP contribution in [0.1, 0.15) is 37.7 Å². The third-order valence-corrected chi connectivity index (χ3v) is 5.45. The zero-order chi connectivity index (χ0) is 19.1. The molecule has 142 valence electrons. The van der Waals surface area contributed by atoms with Gasteiger partial charge >= 0.3 is 0 Å². The Morgan fingerprint density at radius 3 is 2.15 bits per heavy atom. The third-order valence-electron chi connectivity index (χ3n) is 5.45. The first-order chi connectivity index (χ1) is 13.1. The van der Waals surface area contributed by atoms with E-state index in [0.29, 0.717) is 18.8 Å². The summed E-state index contributed by atoms with van der Waals surface area (Å²) in [5, 5.41) is 0. The number of rotatable bonds is 7. The van der Waals surface area contributed by atoms with Gasteiger partial charge in [-0.15, -0.1) is 0 Å². The summed E-state index contributed by atoms with van der Waals surface area (Å²) in [6, 6.07) is 18.8. The van der Waals surface area contributed by atoms with Gasteiger partial charge in [0.05, 0.1) is 0 Å². The molecule has 0 unspecified atom stereocenters. The molecular formula is C23H28N2O2. The Morgan fingerprint density at radius 2 is 1.52 bits per heavy atom. The lowest BCUT2D eigenvalue weighted by molar-refractivity contribution is -0.132. The molecule has 0 saturated carbocycles. The van der Waals surface area contributed by atoms with Gasteiger partial charge in [-0.25, -0.2) is 0 Å². The molecule has 0 aromatic heterocycles. The molecule has 2 amide bonds. The maximum Gasteiger partial charge on any atom is 0.222 e. The molecule has 1 heterocycles. The fourth-order valence-electron chi connectivity index (χ4n) is 3.72. The number of carbonyl (C=O) groups is 2. The third kappa shape index (κ3) is 5.68. The normalized spacial score (nSPS) is 14.9. The quantitative estimate of drug-likeness (QED) is 0.812. The van der Waals surface area contributed by atoms with Crippen LogP contribution >= 0.6 is 0 Å². The Hall–Kier alpha value is -2.62. The number of nitrogens with zero attached hydrogens (tertiary/aromatic N) is 1. The number of nitrogens with two attached hydrogens (primary N) is 1. The molecule has 4 nitrogen and oxygen atoms in total. The number of carbonyl (C=O) groups excluding carboxylic acids is 2. The van der Waals surface area contributed by atoms with Crippen LogP contribution in [0.3, 0.4) is 0 Å². The van der Waals surface area contributed by atoms with Crippen LogP contribution in [0.5, 0.6) is 0 Å². The van der Waals surface area contributed by atoms with Crippen molar-refractivity contribution in [3.63, 3.8) is 0 Å². The number of likely N-dealkylation sites (tertiary alicyclic amines) is 1. The van der Waals surface area contributed by atoms with Crippen molar-refractivity contribution in [2.24, 2.45) is 11.7 Å². The Balaban J connectivity index is 1.44. The minimum Gasteiger partial charge on any atom is -0.370 e. The highest BCUT2D eigenvalue weighted by Crippen LogP contribution is 2.23. The summed E-state index contributed by atoms with van der Waals surface area (Å²) in [6.45, 7) is 1.60. The van der Waals surface area contributed by atoms with Gasteiger partial charge in [0.2, 0.25) is 11.8 Å². The molecule has 0 bridgehead atoms. The van der Waals surface area contributed by atoms with E-state index in [1.165, 1.54) is 16.7 Å². The van der Waals surface area contributed by atoms with Crippen molar-refractivity contribution < 1.29 is 9.59 Å². The van der Waals surface area contributed by atoms with Gasteiger partial charge < -0.3 is 10.6 Å². The van der Waals surface area contributed by atoms with Gasteiger partial charge in [0, 0.05) is 25.9 Å². The van der Waals surface area contributed by atoms with Crippen molar-refractivity contribution >= 4 is 11.8 Å². The molecule has 2 N–H and O–H groups in total. The molecule has 2 aromatic rings. The summed E-state index contributed by atoms with van der Waals surface area (Å²) in [5.74, 6) is 0.523. The van der Waals surface area contributed by atoms with E-state index in [4.69, 9.17) is 5.73 Å². The Morgan fingerprint density at radius 1 is 0.889 bits per heavy atom. The van der Waals surface area contributed by atoms with Crippen LogP contribution in [-0.2, 0) is 16.0 Å². The summed E-state index contributed by atoms with van der Waals surface area (Å²) in [7, 11) is 0. The van der Waals surface area contributed by atoms with Gasteiger partial charge in [0.1, 0.15) is 0 Å². The predicted molar refractivity (Wildman–Crippen MR) is 108 cm³/mol. The molecule has 4 heteroatoms. The second kappa shape index (κ2) is 9.36. The van der Waals surface area contributed by atoms with Crippen LogP contribution in [0.15, 0.2) is 54.6 Å². The molecule has 27 heavy (non-hydrogen) atoms. The molecule has 1 fully saturated rings. The highest BCUT2D eigenvalue weighted by molar-refractivity contribution is 5.76. The summed E-state index contributed by atoms with van der Waals surface area (Å²) >= 11 is 0. The number of aryl methyl sites for hydroxylation is 1. The van der Waals surface area contributed by atoms with E-state index < -0.39 is 0 Å². The number of piperidine rings is 1. The van der Waals surface area contributed by atoms with Crippen LogP contribution in [0.4, 0.5) is 0 Å². The van der Waals surface area contributed by atoms with Crippen LogP contribution in [0.25, 0.3) is 11.1 Å². The van der Waals surface area contributed by atoms with E-state index in [0.717, 1.165) is 38.8 Å². The minimum absolute atomic E-state index is 0.230. The number of benzene rings is 2. The zero-order valence-electron chi connectivity index (χ0n) is 15.8. The van der Waals surface area contributed by atoms with Crippen molar-refractivity contribution in [2.45, 2.75) is 38.5 Å². The van der Waals surface area contributed by atoms with E-state index in [-0.39, 0.29) is 11.8 Å². The molecule has 1 aliphatic rings. The van der Waals surface area contributed by atoms with Crippen molar-refractivity contribution in [1.82, 2.24) is 4.90 Å². The van der Waals surface area contributed by atoms with E-state index >= 15 is 0 Å². The largest absolute Gasteiger partial charge is 0.370 e. The number of primary amides is 1. The molecule has 1 saturated heterocycles. The zero-order valence-corrected chi connectivity index (χ0v) is 15.8. The lowest BCUT2D eigenvalue weighted by atomic mass is 9.92. The van der Waals surface area contributed by atoms with Gasteiger partial charge in [-0.3, -0.25) is 9.59 Å². The smallest absolute Gasteiger partial charge is 0.222 e. The van der Waals surface area contributed by atoms with Gasteiger partial charge in [0.15, 0.2) is 0 Å². The highest BCUT2D eigenvalue weighted by atomic mass is 16.2. The van der Waals surface area contributed by atoms with Crippen LogP contribution < -0.4 is 5.73 Å². The van der Waals surface area contributed by atoms with E-state index in [1.807, 2.05) is 23.1 Å². The van der Waals surface area contributed by atoms with Crippen molar-refractivity contribution in [3.8, 4) is 11.1 Å². The fraction of sp³-hybridized carbons (Fsp3) is 0.391. The van der Waals surface area contributed by atoms with Crippen LogP contribution in [-0.4, -0.2) is 29.8 Å². The second-order valence-corrected chi connectivity index (χ2v) is 7.39. The highest BCUT2D eigenvalue weighted by Gasteiger charge is 2.22.